The summed E-state index contributed by atoms with van der Waals surface area (Å²) in [6, 6.07) is 8.29. The first kappa shape index (κ1) is 14.1. The fraction of sp³-hybridized carbons (Fsp3) is 0.471. The molecule has 4 nitrogen and oxygen atoms in total. The molecule has 1 aromatic carbocycles. The first-order chi connectivity index (χ1) is 10.2. The Labute approximate surface area is 125 Å². The van der Waals surface area contributed by atoms with Crippen LogP contribution < -0.4 is 0 Å². The standard InChI is InChI=1S/C17H22N2O2/c1-3-18-10-8-13-11-14(6-7-16(13)18)17(20)19-9-4-5-15(19)12-21-2/h6-8,10-11,15H,3-5,9,12H2,1-2H3/t15-/m1/s1. The van der Waals surface area contributed by atoms with E-state index in [1.165, 1.54) is 5.52 Å². The second-order valence-electron chi connectivity index (χ2n) is 5.63. The molecule has 0 saturated carbocycles. The number of aromatic nitrogens is 1. The van der Waals surface area contributed by atoms with E-state index in [0.717, 1.165) is 36.9 Å². The lowest BCUT2D eigenvalue weighted by atomic mass is 10.1. The van der Waals surface area contributed by atoms with Crippen molar-refractivity contribution in [3.8, 4) is 0 Å². The number of amides is 1. The van der Waals surface area contributed by atoms with Gasteiger partial charge < -0.3 is 14.2 Å². The van der Waals surface area contributed by atoms with Gasteiger partial charge in [-0.05, 0) is 44.0 Å². The molecule has 0 aliphatic carbocycles. The lowest BCUT2D eigenvalue weighted by Crippen LogP contribution is -2.38. The summed E-state index contributed by atoms with van der Waals surface area (Å²) < 4.78 is 7.42. The van der Waals surface area contributed by atoms with Gasteiger partial charge in [-0.1, -0.05) is 0 Å². The summed E-state index contributed by atoms with van der Waals surface area (Å²) in [5, 5.41) is 1.13. The minimum absolute atomic E-state index is 0.126. The summed E-state index contributed by atoms with van der Waals surface area (Å²) in [7, 11) is 1.69. The Bertz CT molecular complexity index is 647. The summed E-state index contributed by atoms with van der Waals surface area (Å²) >= 11 is 0. The molecule has 1 aliphatic rings. The van der Waals surface area contributed by atoms with Gasteiger partial charge in [0.1, 0.15) is 0 Å². The fourth-order valence-electron chi connectivity index (χ4n) is 3.24. The molecule has 0 spiro atoms. The smallest absolute Gasteiger partial charge is 0.254 e. The first-order valence-corrected chi connectivity index (χ1v) is 7.63. The summed E-state index contributed by atoms with van der Waals surface area (Å²) in [5.41, 5.74) is 1.96. The summed E-state index contributed by atoms with van der Waals surface area (Å²) in [6.07, 6.45) is 4.17. The van der Waals surface area contributed by atoms with Crippen LogP contribution in [0.5, 0.6) is 0 Å². The number of hydrogen-bond donors (Lipinski definition) is 0. The summed E-state index contributed by atoms with van der Waals surface area (Å²) in [6.45, 7) is 4.53. The molecule has 0 unspecified atom stereocenters. The topological polar surface area (TPSA) is 34.5 Å². The molecule has 1 fully saturated rings. The number of fused-ring (bicyclic) bond motifs is 1. The number of carbonyl (C=O) groups is 1. The van der Waals surface area contributed by atoms with Crippen molar-refractivity contribution >= 4 is 16.8 Å². The Morgan fingerprint density at radius 3 is 3.00 bits per heavy atom. The van der Waals surface area contributed by atoms with Crippen LogP contribution in [0.25, 0.3) is 10.9 Å². The van der Waals surface area contributed by atoms with Gasteiger partial charge in [0, 0.05) is 42.9 Å². The van der Waals surface area contributed by atoms with Gasteiger partial charge in [0.25, 0.3) is 5.91 Å². The largest absolute Gasteiger partial charge is 0.383 e. The molecule has 1 aromatic heterocycles. The highest BCUT2D eigenvalue weighted by Gasteiger charge is 2.29. The molecule has 1 saturated heterocycles. The zero-order valence-corrected chi connectivity index (χ0v) is 12.7. The van der Waals surface area contributed by atoms with Gasteiger partial charge in [0.05, 0.1) is 12.6 Å². The van der Waals surface area contributed by atoms with Crippen LogP contribution in [0, 0.1) is 0 Å². The molecule has 21 heavy (non-hydrogen) atoms. The van der Waals surface area contributed by atoms with Crippen LogP contribution in [-0.2, 0) is 11.3 Å². The molecule has 0 N–H and O–H groups in total. The van der Waals surface area contributed by atoms with Crippen LogP contribution in [0.4, 0.5) is 0 Å². The number of nitrogens with zero attached hydrogens (tertiary/aromatic N) is 2. The van der Waals surface area contributed by atoms with E-state index in [1.807, 2.05) is 23.1 Å². The molecular weight excluding hydrogens is 264 g/mol. The minimum atomic E-state index is 0.126. The van der Waals surface area contributed by atoms with Gasteiger partial charge in [-0.15, -0.1) is 0 Å². The molecule has 1 amide bonds. The van der Waals surface area contributed by atoms with E-state index in [1.54, 1.807) is 7.11 Å². The van der Waals surface area contributed by atoms with Crippen molar-refractivity contribution in [1.82, 2.24) is 9.47 Å². The van der Waals surface area contributed by atoms with E-state index in [-0.39, 0.29) is 11.9 Å². The van der Waals surface area contributed by atoms with Crippen molar-refractivity contribution in [2.75, 3.05) is 20.3 Å². The summed E-state index contributed by atoms with van der Waals surface area (Å²) in [5.74, 6) is 0.126. The van der Waals surface area contributed by atoms with Gasteiger partial charge in [-0.25, -0.2) is 0 Å². The number of methoxy groups -OCH3 is 1. The van der Waals surface area contributed by atoms with Gasteiger partial charge in [-0.3, -0.25) is 4.79 Å². The fourth-order valence-corrected chi connectivity index (χ4v) is 3.24. The average molecular weight is 286 g/mol. The molecule has 4 heteroatoms. The molecular formula is C17H22N2O2. The third-order valence-electron chi connectivity index (χ3n) is 4.36. The highest BCUT2D eigenvalue weighted by molar-refractivity contribution is 5.98. The van der Waals surface area contributed by atoms with Crippen molar-refractivity contribution in [3.05, 3.63) is 36.0 Å². The summed E-state index contributed by atoms with van der Waals surface area (Å²) in [4.78, 5) is 14.7. The zero-order valence-electron chi connectivity index (χ0n) is 12.7. The van der Waals surface area contributed by atoms with Crippen molar-refractivity contribution in [3.63, 3.8) is 0 Å². The van der Waals surface area contributed by atoms with Crippen molar-refractivity contribution in [2.24, 2.45) is 0 Å². The number of carbonyl (C=O) groups excluding carboxylic acids is 1. The maximum atomic E-state index is 12.7. The monoisotopic (exact) mass is 286 g/mol. The molecule has 0 radical (unpaired) electrons. The van der Waals surface area contributed by atoms with Crippen LogP contribution in [-0.4, -0.2) is 41.7 Å². The predicted molar refractivity (Wildman–Crippen MR) is 83.5 cm³/mol. The lowest BCUT2D eigenvalue weighted by molar-refractivity contribution is 0.0631. The van der Waals surface area contributed by atoms with Crippen molar-refractivity contribution in [2.45, 2.75) is 32.4 Å². The van der Waals surface area contributed by atoms with Crippen LogP contribution in [0.15, 0.2) is 30.5 Å². The van der Waals surface area contributed by atoms with Gasteiger partial charge in [-0.2, -0.15) is 0 Å². The molecule has 1 atom stereocenters. The molecule has 112 valence electrons. The highest BCUT2D eigenvalue weighted by atomic mass is 16.5. The van der Waals surface area contributed by atoms with Crippen LogP contribution in [0.2, 0.25) is 0 Å². The maximum absolute atomic E-state index is 12.7. The number of aryl methyl sites for hydroxylation is 1. The Morgan fingerprint density at radius 1 is 1.38 bits per heavy atom. The molecule has 0 bridgehead atoms. The Balaban J connectivity index is 1.87. The normalized spacial score (nSPS) is 18.6. The SMILES string of the molecule is CCn1ccc2cc(C(=O)N3CCC[C@@H]3COC)ccc21. The van der Waals surface area contributed by atoms with E-state index >= 15 is 0 Å². The minimum Gasteiger partial charge on any atom is -0.383 e. The number of benzene rings is 1. The highest BCUT2D eigenvalue weighted by Crippen LogP contribution is 2.23. The Hall–Kier alpha value is -1.81. The van der Waals surface area contributed by atoms with Crippen LogP contribution >= 0.6 is 0 Å². The van der Waals surface area contributed by atoms with Gasteiger partial charge in [0.15, 0.2) is 0 Å². The molecule has 1 aliphatic heterocycles. The van der Waals surface area contributed by atoms with Crippen molar-refractivity contribution < 1.29 is 9.53 Å². The Kier molecular flexibility index (Phi) is 3.97. The second kappa shape index (κ2) is 5.90. The lowest BCUT2D eigenvalue weighted by Gasteiger charge is -2.24. The van der Waals surface area contributed by atoms with Gasteiger partial charge in [0.2, 0.25) is 0 Å². The number of ether oxygens (including phenoxy) is 1. The van der Waals surface area contributed by atoms with E-state index in [0.29, 0.717) is 6.61 Å². The quantitative estimate of drug-likeness (QED) is 0.866. The number of likely N-dealkylation sites (tertiary alicyclic amines) is 1. The first-order valence-electron chi connectivity index (χ1n) is 7.63. The van der Waals surface area contributed by atoms with Crippen molar-refractivity contribution in [1.29, 1.82) is 0 Å². The average Bonchev–Trinajstić information content (AvgIpc) is 3.12. The van der Waals surface area contributed by atoms with E-state index < -0.39 is 0 Å². The van der Waals surface area contributed by atoms with E-state index in [9.17, 15) is 4.79 Å². The van der Waals surface area contributed by atoms with Gasteiger partial charge >= 0.3 is 0 Å². The van der Waals surface area contributed by atoms with E-state index in [2.05, 4.69) is 23.8 Å². The van der Waals surface area contributed by atoms with Crippen LogP contribution in [0.1, 0.15) is 30.1 Å². The molecule has 3 rings (SSSR count). The molecule has 2 heterocycles. The van der Waals surface area contributed by atoms with Crippen LogP contribution in [0.3, 0.4) is 0 Å². The second-order valence-corrected chi connectivity index (χ2v) is 5.63. The third-order valence-corrected chi connectivity index (χ3v) is 4.36. The maximum Gasteiger partial charge on any atom is 0.254 e. The zero-order chi connectivity index (χ0) is 14.8. The predicted octanol–water partition coefficient (Wildman–Crippen LogP) is 2.91. The Morgan fingerprint density at radius 2 is 2.24 bits per heavy atom. The number of rotatable bonds is 4. The van der Waals surface area contributed by atoms with E-state index in [4.69, 9.17) is 4.74 Å². The number of hydrogen-bond acceptors (Lipinski definition) is 2. The molecule has 2 aromatic rings. The third kappa shape index (κ3) is 2.56.